The van der Waals surface area contributed by atoms with Crippen molar-refractivity contribution in [1.82, 2.24) is 19.6 Å². The highest BCUT2D eigenvalue weighted by Gasteiger charge is 2.19. The summed E-state index contributed by atoms with van der Waals surface area (Å²) in [7, 11) is 0. The predicted octanol–water partition coefficient (Wildman–Crippen LogP) is 3.93. The van der Waals surface area contributed by atoms with Gasteiger partial charge in [-0.3, -0.25) is 0 Å². The first-order valence-electron chi connectivity index (χ1n) is 6.85. The maximum Gasteiger partial charge on any atom is 0.253 e. The van der Waals surface area contributed by atoms with Crippen molar-refractivity contribution in [3.8, 4) is 11.1 Å². The summed E-state index contributed by atoms with van der Waals surface area (Å²) in [6.07, 6.45) is 4.14. The van der Waals surface area contributed by atoms with Crippen LogP contribution >= 0.6 is 11.6 Å². The molecule has 3 rings (SSSR count). The molecule has 2 heterocycles. The molecule has 2 aromatic heterocycles. The zero-order valence-electron chi connectivity index (χ0n) is 11.6. The number of aromatic nitrogens is 4. The number of rotatable bonds is 4. The van der Waals surface area contributed by atoms with Gasteiger partial charge in [0.25, 0.3) is 5.78 Å². The minimum Gasteiger partial charge on any atom is -0.206 e. The average molecular weight is 305 g/mol. The van der Waals surface area contributed by atoms with E-state index in [-0.39, 0.29) is 11.0 Å². The second-order valence-corrected chi connectivity index (χ2v) is 5.14. The zero-order chi connectivity index (χ0) is 14.8. The van der Waals surface area contributed by atoms with Crippen LogP contribution in [0.2, 0.25) is 5.15 Å². The third kappa shape index (κ3) is 2.49. The lowest BCUT2D eigenvalue weighted by atomic mass is 10.0. The Balaban J connectivity index is 2.29. The van der Waals surface area contributed by atoms with Gasteiger partial charge in [-0.2, -0.15) is 15.1 Å². The quantitative estimate of drug-likeness (QED) is 0.686. The van der Waals surface area contributed by atoms with Crippen LogP contribution in [0.15, 0.2) is 30.6 Å². The van der Waals surface area contributed by atoms with Crippen LogP contribution in [0.3, 0.4) is 0 Å². The van der Waals surface area contributed by atoms with E-state index in [9.17, 15) is 4.39 Å². The molecule has 108 valence electrons. The number of benzene rings is 1. The van der Waals surface area contributed by atoms with Crippen LogP contribution in [-0.4, -0.2) is 19.6 Å². The Morgan fingerprint density at radius 3 is 2.86 bits per heavy atom. The Morgan fingerprint density at radius 2 is 2.10 bits per heavy atom. The summed E-state index contributed by atoms with van der Waals surface area (Å²) in [6, 6.07) is 6.56. The molecule has 6 heteroatoms. The summed E-state index contributed by atoms with van der Waals surface area (Å²) in [5, 5.41) is 4.45. The van der Waals surface area contributed by atoms with Gasteiger partial charge in [0.1, 0.15) is 17.3 Å². The van der Waals surface area contributed by atoms with Gasteiger partial charge in [0.2, 0.25) is 0 Å². The third-order valence-electron chi connectivity index (χ3n) is 3.39. The molecular weight excluding hydrogens is 291 g/mol. The van der Waals surface area contributed by atoms with Crippen molar-refractivity contribution in [3.63, 3.8) is 0 Å². The molecule has 0 bridgehead atoms. The summed E-state index contributed by atoms with van der Waals surface area (Å²) < 4.78 is 15.8. The van der Waals surface area contributed by atoms with E-state index in [1.165, 1.54) is 12.4 Å². The molecule has 0 radical (unpaired) electrons. The Bertz CT molecular complexity index is 784. The summed E-state index contributed by atoms with van der Waals surface area (Å²) in [5.74, 6) is 0.115. The molecule has 0 aliphatic heterocycles. The van der Waals surface area contributed by atoms with Crippen LogP contribution in [0.1, 0.15) is 25.5 Å². The average Bonchev–Trinajstić information content (AvgIpc) is 2.93. The highest BCUT2D eigenvalue weighted by molar-refractivity contribution is 6.32. The number of fused-ring (bicyclic) bond motifs is 1. The number of aryl methyl sites for hydroxylation is 1. The molecule has 1 aromatic carbocycles. The molecular formula is C15H14ClFN4. The van der Waals surface area contributed by atoms with Crippen molar-refractivity contribution in [2.24, 2.45) is 0 Å². The summed E-state index contributed by atoms with van der Waals surface area (Å²) in [6.45, 7) is 2.10. The van der Waals surface area contributed by atoms with E-state index in [4.69, 9.17) is 11.6 Å². The minimum absolute atomic E-state index is 0.256. The number of halogens is 2. The molecule has 0 amide bonds. The van der Waals surface area contributed by atoms with E-state index >= 15 is 0 Å². The SMILES string of the molecule is CCCCc1c(-c2ccccc2F)c(Cl)nc2ncnn12. The molecule has 3 aromatic rings. The van der Waals surface area contributed by atoms with Gasteiger partial charge in [0, 0.05) is 11.1 Å². The smallest absolute Gasteiger partial charge is 0.206 e. The maximum atomic E-state index is 14.2. The van der Waals surface area contributed by atoms with E-state index in [0.717, 1.165) is 25.0 Å². The molecule has 0 fully saturated rings. The summed E-state index contributed by atoms with van der Waals surface area (Å²) in [5.41, 5.74) is 1.88. The Morgan fingerprint density at radius 1 is 1.29 bits per heavy atom. The summed E-state index contributed by atoms with van der Waals surface area (Å²) in [4.78, 5) is 8.28. The predicted molar refractivity (Wildman–Crippen MR) is 79.8 cm³/mol. The van der Waals surface area contributed by atoms with Gasteiger partial charge in [-0.15, -0.1) is 0 Å². The number of nitrogens with zero attached hydrogens (tertiary/aromatic N) is 4. The molecule has 0 saturated carbocycles. The second-order valence-electron chi connectivity index (χ2n) is 4.78. The zero-order valence-corrected chi connectivity index (χ0v) is 12.3. The molecule has 21 heavy (non-hydrogen) atoms. The third-order valence-corrected chi connectivity index (χ3v) is 3.66. The van der Waals surface area contributed by atoms with Crippen molar-refractivity contribution < 1.29 is 4.39 Å². The first kappa shape index (κ1) is 13.9. The molecule has 4 nitrogen and oxygen atoms in total. The Hall–Kier alpha value is -2.01. The number of hydrogen-bond acceptors (Lipinski definition) is 3. The van der Waals surface area contributed by atoms with E-state index < -0.39 is 0 Å². The monoisotopic (exact) mass is 304 g/mol. The molecule has 0 saturated heterocycles. The Labute approximate surface area is 126 Å². The molecule has 0 aliphatic rings. The first-order chi connectivity index (χ1) is 10.2. The molecule has 0 N–H and O–H groups in total. The highest BCUT2D eigenvalue weighted by atomic mass is 35.5. The van der Waals surface area contributed by atoms with Crippen LogP contribution in [0, 0.1) is 5.82 Å². The van der Waals surface area contributed by atoms with Crippen LogP contribution in [0.4, 0.5) is 4.39 Å². The highest BCUT2D eigenvalue weighted by Crippen LogP contribution is 2.33. The van der Waals surface area contributed by atoms with Crippen LogP contribution in [0.5, 0.6) is 0 Å². The maximum absolute atomic E-state index is 14.2. The van der Waals surface area contributed by atoms with Gasteiger partial charge in [0.15, 0.2) is 0 Å². The lowest BCUT2D eigenvalue weighted by molar-refractivity contribution is 0.630. The van der Waals surface area contributed by atoms with Gasteiger partial charge in [0.05, 0.1) is 5.69 Å². The van der Waals surface area contributed by atoms with E-state index in [1.807, 2.05) is 0 Å². The van der Waals surface area contributed by atoms with Crippen molar-refractivity contribution in [2.75, 3.05) is 0 Å². The fourth-order valence-electron chi connectivity index (χ4n) is 2.38. The largest absolute Gasteiger partial charge is 0.253 e. The molecule has 0 unspecified atom stereocenters. The molecule has 0 atom stereocenters. The second kappa shape index (κ2) is 5.77. The summed E-state index contributed by atoms with van der Waals surface area (Å²) >= 11 is 6.29. The number of unbranched alkanes of at least 4 members (excludes halogenated alkanes) is 1. The van der Waals surface area contributed by atoms with Gasteiger partial charge in [-0.1, -0.05) is 43.1 Å². The van der Waals surface area contributed by atoms with Gasteiger partial charge in [-0.25, -0.2) is 8.91 Å². The normalized spacial score (nSPS) is 11.2. The fraction of sp³-hybridized carbons (Fsp3) is 0.267. The van der Waals surface area contributed by atoms with Crippen molar-refractivity contribution in [1.29, 1.82) is 0 Å². The van der Waals surface area contributed by atoms with E-state index in [1.54, 1.807) is 22.7 Å². The Kier molecular flexibility index (Phi) is 3.84. The van der Waals surface area contributed by atoms with Crippen LogP contribution in [0.25, 0.3) is 16.9 Å². The van der Waals surface area contributed by atoms with Crippen molar-refractivity contribution >= 4 is 17.4 Å². The van der Waals surface area contributed by atoms with Gasteiger partial charge >= 0.3 is 0 Å². The standard InChI is InChI=1S/C15H14ClFN4/c1-2-3-8-12-13(10-6-4-5-7-11(10)17)14(16)20-15-18-9-19-21(12)15/h4-7,9H,2-3,8H2,1H3. The minimum atomic E-state index is -0.321. The lowest BCUT2D eigenvalue weighted by Gasteiger charge is -2.13. The molecule has 0 aliphatic carbocycles. The number of hydrogen-bond donors (Lipinski definition) is 0. The van der Waals surface area contributed by atoms with Crippen molar-refractivity contribution in [3.05, 3.63) is 47.3 Å². The van der Waals surface area contributed by atoms with Crippen LogP contribution < -0.4 is 0 Å². The van der Waals surface area contributed by atoms with Gasteiger partial charge in [-0.05, 0) is 18.9 Å². The topological polar surface area (TPSA) is 43.1 Å². The van der Waals surface area contributed by atoms with Crippen molar-refractivity contribution in [2.45, 2.75) is 26.2 Å². The van der Waals surface area contributed by atoms with Crippen LogP contribution in [-0.2, 0) is 6.42 Å². The fourth-order valence-corrected chi connectivity index (χ4v) is 2.66. The first-order valence-corrected chi connectivity index (χ1v) is 7.23. The van der Waals surface area contributed by atoms with Gasteiger partial charge < -0.3 is 0 Å². The lowest BCUT2D eigenvalue weighted by Crippen LogP contribution is -2.06. The molecule has 0 spiro atoms. The van der Waals surface area contributed by atoms with E-state index in [2.05, 4.69) is 22.0 Å². The van der Waals surface area contributed by atoms with E-state index in [0.29, 0.717) is 16.9 Å².